The summed E-state index contributed by atoms with van der Waals surface area (Å²) in [5.74, 6) is 1.58. The van der Waals surface area contributed by atoms with E-state index >= 15 is 0 Å². The molecule has 1 aliphatic heterocycles. The van der Waals surface area contributed by atoms with E-state index in [4.69, 9.17) is 9.47 Å². The number of urea groups is 1. The minimum atomic E-state index is 0.0208. The van der Waals surface area contributed by atoms with Crippen LogP contribution in [-0.4, -0.2) is 68.2 Å². The number of nitrogens with one attached hydrogen (secondary N) is 1. The molecule has 29 heavy (non-hydrogen) atoms. The molecule has 0 radical (unpaired) electrons. The van der Waals surface area contributed by atoms with E-state index in [0.29, 0.717) is 45.1 Å². The van der Waals surface area contributed by atoms with Gasteiger partial charge in [-0.05, 0) is 37.0 Å². The van der Waals surface area contributed by atoms with Gasteiger partial charge in [-0.3, -0.25) is 4.79 Å². The van der Waals surface area contributed by atoms with Crippen LogP contribution in [0.1, 0.15) is 44.1 Å². The molecule has 1 aromatic rings. The fourth-order valence-corrected chi connectivity index (χ4v) is 4.09. The zero-order valence-corrected chi connectivity index (χ0v) is 17.6. The second-order valence-corrected chi connectivity index (χ2v) is 7.87. The number of carbonyl (C=O) groups is 2. The van der Waals surface area contributed by atoms with Gasteiger partial charge in [0.05, 0.1) is 14.2 Å². The number of amides is 3. The van der Waals surface area contributed by atoms with Crippen LogP contribution in [0.15, 0.2) is 18.2 Å². The summed E-state index contributed by atoms with van der Waals surface area (Å²) in [6.07, 6.45) is 6.91. The molecule has 7 nitrogen and oxygen atoms in total. The Morgan fingerprint density at radius 2 is 1.52 bits per heavy atom. The van der Waals surface area contributed by atoms with E-state index in [1.807, 2.05) is 28.0 Å². The zero-order chi connectivity index (χ0) is 20.6. The molecular weight excluding hydrogens is 370 g/mol. The van der Waals surface area contributed by atoms with Crippen molar-refractivity contribution in [2.45, 2.75) is 51.0 Å². The van der Waals surface area contributed by atoms with Crippen LogP contribution in [-0.2, 0) is 11.2 Å². The van der Waals surface area contributed by atoms with Crippen LogP contribution in [0.5, 0.6) is 11.5 Å². The van der Waals surface area contributed by atoms with Gasteiger partial charge in [-0.15, -0.1) is 0 Å². The fraction of sp³-hybridized carbons (Fsp3) is 0.636. The quantitative estimate of drug-likeness (QED) is 0.793. The first-order valence-electron chi connectivity index (χ1n) is 10.6. The van der Waals surface area contributed by atoms with E-state index in [1.165, 1.54) is 19.3 Å². The molecule has 0 bridgehead atoms. The number of carbonyl (C=O) groups excluding carboxylic acids is 2. The van der Waals surface area contributed by atoms with E-state index in [2.05, 4.69) is 5.32 Å². The molecule has 2 fully saturated rings. The smallest absolute Gasteiger partial charge is 0.317 e. The Morgan fingerprint density at radius 1 is 0.931 bits per heavy atom. The van der Waals surface area contributed by atoms with Gasteiger partial charge in [0, 0.05) is 44.7 Å². The topological polar surface area (TPSA) is 71.1 Å². The van der Waals surface area contributed by atoms with Crippen molar-refractivity contribution >= 4 is 11.9 Å². The normalized spacial score (nSPS) is 17.7. The molecule has 0 unspecified atom stereocenters. The van der Waals surface area contributed by atoms with Crippen molar-refractivity contribution in [1.29, 1.82) is 0 Å². The first kappa shape index (κ1) is 21.3. The van der Waals surface area contributed by atoms with Crippen LogP contribution in [0.2, 0.25) is 0 Å². The van der Waals surface area contributed by atoms with Gasteiger partial charge in [0.25, 0.3) is 0 Å². The van der Waals surface area contributed by atoms with E-state index in [-0.39, 0.29) is 11.9 Å². The number of rotatable bonds is 6. The molecule has 1 heterocycles. The summed E-state index contributed by atoms with van der Waals surface area (Å²) in [5.41, 5.74) is 1.01. The monoisotopic (exact) mass is 403 g/mol. The SMILES string of the molecule is COc1cc(CCC(=O)N2CCN(C(=O)NC3CCCCC3)CC2)cc(OC)c1. The van der Waals surface area contributed by atoms with Crippen LogP contribution < -0.4 is 14.8 Å². The van der Waals surface area contributed by atoms with E-state index < -0.39 is 0 Å². The predicted octanol–water partition coefficient (Wildman–Crippen LogP) is 2.82. The van der Waals surface area contributed by atoms with Gasteiger partial charge in [-0.1, -0.05) is 19.3 Å². The van der Waals surface area contributed by atoms with Crippen molar-refractivity contribution < 1.29 is 19.1 Å². The lowest BCUT2D eigenvalue weighted by molar-refractivity contribution is -0.132. The number of aryl methyl sites for hydroxylation is 1. The van der Waals surface area contributed by atoms with Gasteiger partial charge in [0.15, 0.2) is 0 Å². The third kappa shape index (κ3) is 6.02. The Bertz CT molecular complexity index is 673. The van der Waals surface area contributed by atoms with E-state index in [9.17, 15) is 9.59 Å². The van der Waals surface area contributed by atoms with Crippen molar-refractivity contribution in [1.82, 2.24) is 15.1 Å². The van der Waals surface area contributed by atoms with Crippen LogP contribution in [0.4, 0.5) is 4.79 Å². The Hall–Kier alpha value is -2.44. The van der Waals surface area contributed by atoms with Gasteiger partial charge in [-0.2, -0.15) is 0 Å². The zero-order valence-electron chi connectivity index (χ0n) is 17.6. The summed E-state index contributed by atoms with van der Waals surface area (Å²) in [6, 6.07) is 6.03. The Balaban J connectivity index is 1.43. The molecule has 3 rings (SSSR count). The lowest BCUT2D eigenvalue weighted by Crippen LogP contribution is -2.54. The maximum absolute atomic E-state index is 12.6. The number of hydrogen-bond donors (Lipinski definition) is 1. The second-order valence-electron chi connectivity index (χ2n) is 7.87. The molecule has 1 aliphatic carbocycles. The average molecular weight is 404 g/mol. The maximum Gasteiger partial charge on any atom is 0.317 e. The van der Waals surface area contributed by atoms with Crippen LogP contribution in [0.25, 0.3) is 0 Å². The minimum Gasteiger partial charge on any atom is -0.497 e. The van der Waals surface area contributed by atoms with E-state index in [1.54, 1.807) is 14.2 Å². The summed E-state index contributed by atoms with van der Waals surface area (Å²) in [7, 11) is 3.24. The first-order chi connectivity index (χ1) is 14.1. The minimum absolute atomic E-state index is 0.0208. The fourth-order valence-electron chi connectivity index (χ4n) is 4.09. The summed E-state index contributed by atoms with van der Waals surface area (Å²) >= 11 is 0. The van der Waals surface area contributed by atoms with Crippen molar-refractivity contribution in [3.05, 3.63) is 23.8 Å². The van der Waals surface area contributed by atoms with Crippen LogP contribution >= 0.6 is 0 Å². The number of hydrogen-bond acceptors (Lipinski definition) is 4. The molecule has 2 aliphatic rings. The Kier molecular flexibility index (Phi) is 7.61. The highest BCUT2D eigenvalue weighted by atomic mass is 16.5. The average Bonchev–Trinajstić information content (AvgIpc) is 2.77. The third-order valence-corrected chi connectivity index (χ3v) is 5.89. The summed E-state index contributed by atoms with van der Waals surface area (Å²) in [4.78, 5) is 28.8. The molecule has 1 aromatic carbocycles. The highest BCUT2D eigenvalue weighted by molar-refractivity contribution is 5.78. The third-order valence-electron chi connectivity index (χ3n) is 5.89. The van der Waals surface area contributed by atoms with Crippen molar-refractivity contribution in [2.75, 3.05) is 40.4 Å². The highest BCUT2D eigenvalue weighted by Gasteiger charge is 2.25. The van der Waals surface area contributed by atoms with Crippen LogP contribution in [0, 0.1) is 0 Å². The Morgan fingerprint density at radius 3 is 2.10 bits per heavy atom. The van der Waals surface area contributed by atoms with Gasteiger partial charge in [0.1, 0.15) is 11.5 Å². The number of nitrogens with zero attached hydrogens (tertiary/aromatic N) is 2. The van der Waals surface area contributed by atoms with Crippen molar-refractivity contribution in [3.63, 3.8) is 0 Å². The van der Waals surface area contributed by atoms with Gasteiger partial charge in [-0.25, -0.2) is 4.79 Å². The maximum atomic E-state index is 12.6. The Labute approximate surface area is 173 Å². The van der Waals surface area contributed by atoms with Gasteiger partial charge >= 0.3 is 6.03 Å². The molecule has 0 aromatic heterocycles. The van der Waals surface area contributed by atoms with Crippen molar-refractivity contribution in [3.8, 4) is 11.5 Å². The molecule has 1 saturated carbocycles. The lowest BCUT2D eigenvalue weighted by atomic mass is 9.96. The number of benzene rings is 1. The molecule has 7 heteroatoms. The van der Waals surface area contributed by atoms with E-state index in [0.717, 1.165) is 29.9 Å². The molecule has 1 N–H and O–H groups in total. The summed E-state index contributed by atoms with van der Waals surface area (Å²) in [6.45, 7) is 2.38. The lowest BCUT2D eigenvalue weighted by Gasteiger charge is -2.36. The van der Waals surface area contributed by atoms with Gasteiger partial charge in [0.2, 0.25) is 5.91 Å². The number of piperazine rings is 1. The first-order valence-corrected chi connectivity index (χ1v) is 10.6. The standard InChI is InChI=1S/C22H33N3O4/c1-28-19-14-17(15-20(16-19)29-2)8-9-21(26)24-10-12-25(13-11-24)22(27)23-18-6-4-3-5-7-18/h14-16,18H,3-13H2,1-2H3,(H,23,27). The van der Waals surface area contributed by atoms with Crippen molar-refractivity contribution in [2.24, 2.45) is 0 Å². The summed E-state index contributed by atoms with van der Waals surface area (Å²) < 4.78 is 10.6. The van der Waals surface area contributed by atoms with Crippen LogP contribution in [0.3, 0.4) is 0 Å². The second kappa shape index (κ2) is 10.4. The molecule has 0 atom stereocenters. The molecule has 160 valence electrons. The largest absolute Gasteiger partial charge is 0.497 e. The molecule has 3 amide bonds. The highest BCUT2D eigenvalue weighted by Crippen LogP contribution is 2.23. The summed E-state index contributed by atoms with van der Waals surface area (Å²) in [5, 5.41) is 3.16. The predicted molar refractivity (Wildman–Crippen MR) is 111 cm³/mol. The number of ether oxygens (including phenoxy) is 2. The number of methoxy groups -OCH3 is 2. The molecular formula is C22H33N3O4. The molecule has 1 saturated heterocycles. The molecule has 0 spiro atoms. The van der Waals surface area contributed by atoms with Gasteiger partial charge < -0.3 is 24.6 Å².